The molecule has 3 aromatic rings. The van der Waals surface area contributed by atoms with Crippen LogP contribution in [0, 0.1) is 18.3 Å². The summed E-state index contributed by atoms with van der Waals surface area (Å²) in [5.74, 6) is 1.26. The van der Waals surface area contributed by atoms with Gasteiger partial charge in [-0.1, -0.05) is 6.92 Å². The lowest BCUT2D eigenvalue weighted by Crippen LogP contribution is -2.28. The summed E-state index contributed by atoms with van der Waals surface area (Å²) < 4.78 is 7.67. The monoisotopic (exact) mass is 445 g/mol. The van der Waals surface area contributed by atoms with Crippen molar-refractivity contribution in [2.45, 2.75) is 44.8 Å². The van der Waals surface area contributed by atoms with Crippen molar-refractivity contribution in [2.24, 2.45) is 0 Å². The standard InChI is InChI=1S/C24H27N7O2/c1-15-8-21(31(30-15)12-18-4-3-7-33-18)29-23-26-6-5-20(28-23)16-9-17(11-25)22-19(10-16)24(2,14-32)13-27-22/h5-6,8-10,18,27,32H,3-4,7,12-14H2,1-2H3,(H,26,28,29). The molecule has 2 aromatic heterocycles. The SMILES string of the molecule is Cc1cc(Nc2nccc(-c3cc(C#N)c4c(c3)C(C)(CO)CN4)n2)n(CC2CCCO2)n1. The Morgan fingerprint density at radius 3 is 3.03 bits per heavy atom. The van der Waals surface area contributed by atoms with Gasteiger partial charge in [-0.05, 0) is 43.5 Å². The van der Waals surface area contributed by atoms with Gasteiger partial charge in [0.1, 0.15) is 11.9 Å². The summed E-state index contributed by atoms with van der Waals surface area (Å²) in [5, 5.41) is 30.8. The molecule has 0 saturated carbocycles. The van der Waals surface area contributed by atoms with Crippen molar-refractivity contribution < 1.29 is 9.84 Å². The van der Waals surface area contributed by atoms with Gasteiger partial charge in [0.2, 0.25) is 5.95 Å². The van der Waals surface area contributed by atoms with E-state index < -0.39 is 5.41 Å². The Labute approximate surface area is 192 Å². The zero-order chi connectivity index (χ0) is 23.0. The first-order valence-electron chi connectivity index (χ1n) is 11.2. The zero-order valence-electron chi connectivity index (χ0n) is 18.8. The fourth-order valence-corrected chi connectivity index (χ4v) is 4.53. The number of fused-ring (bicyclic) bond motifs is 1. The van der Waals surface area contributed by atoms with Crippen molar-refractivity contribution in [1.29, 1.82) is 5.26 Å². The first-order valence-corrected chi connectivity index (χ1v) is 11.2. The molecule has 3 N–H and O–H groups in total. The second-order valence-electron chi connectivity index (χ2n) is 9.01. The summed E-state index contributed by atoms with van der Waals surface area (Å²) >= 11 is 0. The molecule has 2 unspecified atom stereocenters. The van der Waals surface area contributed by atoms with Gasteiger partial charge in [-0.3, -0.25) is 0 Å². The number of nitrogens with one attached hydrogen (secondary N) is 2. The molecule has 9 nitrogen and oxygen atoms in total. The number of nitriles is 1. The molecule has 2 aliphatic rings. The van der Waals surface area contributed by atoms with Crippen LogP contribution in [0.5, 0.6) is 0 Å². The van der Waals surface area contributed by atoms with E-state index in [2.05, 4.69) is 26.8 Å². The molecule has 170 valence electrons. The highest BCUT2D eigenvalue weighted by Crippen LogP contribution is 2.41. The van der Waals surface area contributed by atoms with Crippen molar-refractivity contribution in [3.63, 3.8) is 0 Å². The molecule has 0 bridgehead atoms. The molecule has 1 saturated heterocycles. The summed E-state index contributed by atoms with van der Waals surface area (Å²) in [6, 6.07) is 9.89. The van der Waals surface area contributed by atoms with Gasteiger partial charge < -0.3 is 20.5 Å². The van der Waals surface area contributed by atoms with Crippen molar-refractivity contribution in [2.75, 3.05) is 30.4 Å². The van der Waals surface area contributed by atoms with Crippen LogP contribution in [0.4, 0.5) is 17.5 Å². The molecule has 2 aliphatic heterocycles. The number of ether oxygens (including phenoxy) is 1. The second kappa shape index (κ2) is 8.46. The smallest absolute Gasteiger partial charge is 0.228 e. The molecule has 0 spiro atoms. The topological polar surface area (TPSA) is 121 Å². The number of hydrogen-bond acceptors (Lipinski definition) is 8. The molecule has 33 heavy (non-hydrogen) atoms. The van der Waals surface area contributed by atoms with Crippen molar-refractivity contribution in [1.82, 2.24) is 19.7 Å². The van der Waals surface area contributed by atoms with Crippen LogP contribution in [-0.4, -0.2) is 50.7 Å². The van der Waals surface area contributed by atoms with Crippen LogP contribution in [-0.2, 0) is 16.7 Å². The molecule has 1 aromatic carbocycles. The van der Waals surface area contributed by atoms with E-state index in [0.717, 1.165) is 47.8 Å². The molecule has 0 radical (unpaired) electrons. The van der Waals surface area contributed by atoms with E-state index >= 15 is 0 Å². The summed E-state index contributed by atoms with van der Waals surface area (Å²) in [5.41, 5.74) is 4.22. The van der Waals surface area contributed by atoms with Crippen LogP contribution < -0.4 is 10.6 Å². The number of aromatic nitrogens is 4. The fourth-order valence-electron chi connectivity index (χ4n) is 4.53. The van der Waals surface area contributed by atoms with Crippen molar-refractivity contribution in [3.8, 4) is 17.3 Å². The lowest BCUT2D eigenvalue weighted by Gasteiger charge is -2.21. The Morgan fingerprint density at radius 2 is 2.27 bits per heavy atom. The number of aliphatic hydroxyl groups is 1. The van der Waals surface area contributed by atoms with E-state index in [1.165, 1.54) is 0 Å². The third-order valence-corrected chi connectivity index (χ3v) is 6.41. The largest absolute Gasteiger partial charge is 0.395 e. The Morgan fingerprint density at radius 1 is 1.39 bits per heavy atom. The molecule has 0 aliphatic carbocycles. The van der Waals surface area contributed by atoms with Crippen molar-refractivity contribution in [3.05, 3.63) is 47.3 Å². The van der Waals surface area contributed by atoms with E-state index in [4.69, 9.17) is 9.72 Å². The molecular weight excluding hydrogens is 418 g/mol. The van der Waals surface area contributed by atoms with Gasteiger partial charge in [0.05, 0.1) is 41.9 Å². The summed E-state index contributed by atoms with van der Waals surface area (Å²) in [7, 11) is 0. The van der Waals surface area contributed by atoms with Gasteiger partial charge in [-0.2, -0.15) is 10.4 Å². The number of rotatable bonds is 6. The molecular formula is C24H27N7O2. The van der Waals surface area contributed by atoms with Crippen LogP contribution in [0.15, 0.2) is 30.5 Å². The normalized spacial score (nSPS) is 21.5. The minimum absolute atomic E-state index is 0.00799. The molecule has 9 heteroatoms. The second-order valence-corrected chi connectivity index (χ2v) is 9.01. The van der Waals surface area contributed by atoms with Crippen LogP contribution >= 0.6 is 0 Å². The highest BCUT2D eigenvalue weighted by atomic mass is 16.5. The Balaban J connectivity index is 1.46. The third kappa shape index (κ3) is 4.03. The maximum absolute atomic E-state index is 9.96. The number of aliphatic hydroxyl groups excluding tert-OH is 1. The fraction of sp³-hybridized carbons (Fsp3) is 0.417. The van der Waals surface area contributed by atoms with E-state index in [0.29, 0.717) is 30.3 Å². The first-order chi connectivity index (χ1) is 16.0. The number of nitrogens with zero attached hydrogens (tertiary/aromatic N) is 5. The van der Waals surface area contributed by atoms with Crippen molar-refractivity contribution >= 4 is 17.5 Å². The lowest BCUT2D eigenvalue weighted by atomic mass is 9.83. The summed E-state index contributed by atoms with van der Waals surface area (Å²) in [4.78, 5) is 9.10. The Hall–Kier alpha value is -3.48. The average Bonchev–Trinajstić information content (AvgIpc) is 3.54. The predicted octanol–water partition coefficient (Wildman–Crippen LogP) is 3.12. The van der Waals surface area contributed by atoms with Crippen LogP contribution in [0.25, 0.3) is 11.3 Å². The maximum Gasteiger partial charge on any atom is 0.228 e. The minimum Gasteiger partial charge on any atom is -0.395 e. The van der Waals surface area contributed by atoms with E-state index in [9.17, 15) is 10.4 Å². The minimum atomic E-state index is -0.447. The lowest BCUT2D eigenvalue weighted by molar-refractivity contribution is 0.0944. The molecule has 5 rings (SSSR count). The van der Waals surface area contributed by atoms with Gasteiger partial charge in [0.15, 0.2) is 0 Å². The van der Waals surface area contributed by atoms with Gasteiger partial charge >= 0.3 is 0 Å². The number of benzene rings is 1. The first kappa shape index (κ1) is 21.4. The zero-order valence-corrected chi connectivity index (χ0v) is 18.8. The Kier molecular flexibility index (Phi) is 5.48. The van der Waals surface area contributed by atoms with Gasteiger partial charge in [-0.25, -0.2) is 14.6 Å². The predicted molar refractivity (Wildman–Crippen MR) is 124 cm³/mol. The average molecular weight is 446 g/mol. The number of hydrogen-bond donors (Lipinski definition) is 3. The van der Waals surface area contributed by atoms with E-state index in [1.807, 2.05) is 42.8 Å². The summed E-state index contributed by atoms with van der Waals surface area (Å²) in [6.07, 6.45) is 3.98. The summed E-state index contributed by atoms with van der Waals surface area (Å²) in [6.45, 7) is 6.00. The highest BCUT2D eigenvalue weighted by molar-refractivity contribution is 5.76. The van der Waals surface area contributed by atoms with Gasteiger partial charge in [-0.15, -0.1) is 0 Å². The Bertz CT molecular complexity index is 1230. The number of anilines is 3. The maximum atomic E-state index is 9.96. The molecule has 4 heterocycles. The molecule has 1 fully saturated rings. The van der Waals surface area contributed by atoms with Gasteiger partial charge in [0, 0.05) is 36.4 Å². The van der Waals surface area contributed by atoms with E-state index in [-0.39, 0.29) is 12.7 Å². The quantitative estimate of drug-likeness (QED) is 0.529. The third-order valence-electron chi connectivity index (χ3n) is 6.41. The molecule has 0 amide bonds. The highest BCUT2D eigenvalue weighted by Gasteiger charge is 2.36. The number of aryl methyl sites for hydroxylation is 1. The van der Waals surface area contributed by atoms with Gasteiger partial charge in [0.25, 0.3) is 0 Å². The van der Waals surface area contributed by atoms with E-state index in [1.54, 1.807) is 6.20 Å². The van der Waals surface area contributed by atoms with Crippen LogP contribution in [0.3, 0.4) is 0 Å². The van der Waals surface area contributed by atoms with Crippen LogP contribution in [0.1, 0.15) is 36.6 Å². The molecule has 2 atom stereocenters. The van der Waals surface area contributed by atoms with Crippen LogP contribution in [0.2, 0.25) is 0 Å².